The Morgan fingerprint density at radius 2 is 2.10 bits per heavy atom. The number of aliphatic hydroxyl groups excluding tert-OH is 1. The van der Waals surface area contributed by atoms with Gasteiger partial charge in [-0.2, -0.15) is 0 Å². The van der Waals surface area contributed by atoms with Gasteiger partial charge in [0, 0.05) is 25.5 Å². The largest absolute Gasteiger partial charge is 0.386 e. The van der Waals surface area contributed by atoms with Crippen LogP contribution in [0.5, 0.6) is 0 Å². The summed E-state index contributed by atoms with van der Waals surface area (Å²) in [6, 6.07) is 6.93. The second-order valence-electron chi connectivity index (χ2n) is 4.82. The first-order chi connectivity index (χ1) is 9.81. The molecule has 5 nitrogen and oxygen atoms in total. The predicted octanol–water partition coefficient (Wildman–Crippen LogP) is 1.48. The second kappa shape index (κ2) is 5.97. The maximum Gasteiger partial charge on any atom is 0.240 e. The van der Waals surface area contributed by atoms with E-state index < -0.39 is 21.9 Å². The Bertz CT molecular complexity index is 740. The van der Waals surface area contributed by atoms with Crippen molar-refractivity contribution in [2.75, 3.05) is 6.54 Å². The van der Waals surface area contributed by atoms with Crippen LogP contribution in [-0.2, 0) is 17.1 Å². The molecule has 2 N–H and O–H groups in total. The molecule has 1 atom stereocenters. The Morgan fingerprint density at radius 1 is 1.38 bits per heavy atom. The number of hydrogen-bond donors (Lipinski definition) is 2. The number of aryl methyl sites for hydroxylation is 2. The minimum atomic E-state index is -3.79. The summed E-state index contributed by atoms with van der Waals surface area (Å²) in [6.45, 7) is 1.36. The molecule has 1 aromatic heterocycles. The normalized spacial score (nSPS) is 13.3. The van der Waals surface area contributed by atoms with E-state index in [0.29, 0.717) is 11.3 Å². The third-order valence-corrected chi connectivity index (χ3v) is 4.80. The molecule has 114 valence electrons. The Hall–Kier alpha value is -1.70. The number of rotatable bonds is 5. The summed E-state index contributed by atoms with van der Waals surface area (Å²) in [5.41, 5.74) is 0.921. The predicted molar refractivity (Wildman–Crippen MR) is 76.7 cm³/mol. The van der Waals surface area contributed by atoms with Crippen molar-refractivity contribution in [2.24, 2.45) is 7.05 Å². The molecule has 1 heterocycles. The number of nitrogens with one attached hydrogen (secondary N) is 1. The van der Waals surface area contributed by atoms with Crippen LogP contribution in [0.3, 0.4) is 0 Å². The van der Waals surface area contributed by atoms with E-state index in [9.17, 15) is 17.9 Å². The highest BCUT2D eigenvalue weighted by atomic mass is 32.2. The molecule has 0 aliphatic carbocycles. The summed E-state index contributed by atoms with van der Waals surface area (Å²) < 4.78 is 41.4. The summed E-state index contributed by atoms with van der Waals surface area (Å²) in [4.78, 5) is 0.00276. The minimum Gasteiger partial charge on any atom is -0.386 e. The van der Waals surface area contributed by atoms with Crippen molar-refractivity contribution < 1.29 is 17.9 Å². The first-order valence-electron chi connectivity index (χ1n) is 6.36. The number of halogens is 1. The average molecular weight is 312 g/mol. The Morgan fingerprint density at radius 3 is 2.67 bits per heavy atom. The summed E-state index contributed by atoms with van der Waals surface area (Å²) in [6.07, 6.45) is 0.803. The van der Waals surface area contributed by atoms with Crippen molar-refractivity contribution in [3.05, 3.63) is 53.6 Å². The highest BCUT2D eigenvalue weighted by Crippen LogP contribution is 2.17. The fraction of sp³-hybridized carbons (Fsp3) is 0.286. The summed E-state index contributed by atoms with van der Waals surface area (Å²) in [5, 5.41) is 10.0. The van der Waals surface area contributed by atoms with Gasteiger partial charge in [-0.05, 0) is 42.8 Å². The smallest absolute Gasteiger partial charge is 0.240 e. The number of aromatic nitrogens is 1. The van der Waals surface area contributed by atoms with E-state index in [1.807, 2.05) is 0 Å². The van der Waals surface area contributed by atoms with Crippen LogP contribution in [0, 0.1) is 12.7 Å². The van der Waals surface area contributed by atoms with Crippen LogP contribution < -0.4 is 4.72 Å². The lowest BCUT2D eigenvalue weighted by Crippen LogP contribution is -2.29. The highest BCUT2D eigenvalue weighted by molar-refractivity contribution is 7.89. The van der Waals surface area contributed by atoms with Gasteiger partial charge in [-0.1, -0.05) is 0 Å². The Labute approximate surface area is 123 Å². The van der Waals surface area contributed by atoms with Gasteiger partial charge in [-0.3, -0.25) is 0 Å². The zero-order chi connectivity index (χ0) is 15.6. The number of aliphatic hydroxyl groups is 1. The van der Waals surface area contributed by atoms with Gasteiger partial charge in [0.05, 0.1) is 4.90 Å². The van der Waals surface area contributed by atoms with Crippen molar-refractivity contribution in [1.29, 1.82) is 0 Å². The average Bonchev–Trinajstić information content (AvgIpc) is 2.82. The molecule has 0 radical (unpaired) electrons. The van der Waals surface area contributed by atoms with Gasteiger partial charge < -0.3 is 9.67 Å². The first-order valence-corrected chi connectivity index (χ1v) is 7.84. The van der Waals surface area contributed by atoms with Gasteiger partial charge in [0.2, 0.25) is 10.0 Å². The van der Waals surface area contributed by atoms with E-state index in [0.717, 1.165) is 12.1 Å². The van der Waals surface area contributed by atoms with Gasteiger partial charge in [-0.15, -0.1) is 0 Å². The molecule has 0 aliphatic heterocycles. The number of hydrogen-bond acceptors (Lipinski definition) is 3. The van der Waals surface area contributed by atoms with Crippen molar-refractivity contribution >= 4 is 10.0 Å². The zero-order valence-corrected chi connectivity index (χ0v) is 12.6. The van der Waals surface area contributed by atoms with Gasteiger partial charge in [0.25, 0.3) is 0 Å². The fourth-order valence-corrected chi connectivity index (χ4v) is 3.37. The molecular weight excluding hydrogens is 295 g/mol. The number of sulfonamides is 1. The van der Waals surface area contributed by atoms with Crippen LogP contribution in [0.15, 0.2) is 41.4 Å². The van der Waals surface area contributed by atoms with Crippen molar-refractivity contribution in [3.63, 3.8) is 0 Å². The van der Waals surface area contributed by atoms with Gasteiger partial charge >= 0.3 is 0 Å². The van der Waals surface area contributed by atoms with E-state index in [2.05, 4.69) is 4.72 Å². The van der Waals surface area contributed by atoms with Crippen LogP contribution in [0.4, 0.5) is 4.39 Å². The third-order valence-electron chi connectivity index (χ3n) is 3.22. The number of nitrogens with zero attached hydrogens (tertiary/aromatic N) is 1. The quantitative estimate of drug-likeness (QED) is 0.878. The maximum atomic E-state index is 13.0. The van der Waals surface area contributed by atoms with Gasteiger partial charge in [-0.25, -0.2) is 17.5 Å². The summed E-state index contributed by atoms with van der Waals surface area (Å²) >= 11 is 0. The highest BCUT2D eigenvalue weighted by Gasteiger charge is 2.19. The molecule has 0 amide bonds. The first kappa shape index (κ1) is 15.7. The standard InChI is InChI=1S/C14H17FN2O3S/c1-10-8-11(15)5-6-14(10)21(19,20)16-9-13(18)12-4-3-7-17(12)2/h3-8,13,16,18H,9H2,1-2H3/t13-/m0/s1. The molecule has 0 saturated carbocycles. The summed E-state index contributed by atoms with van der Waals surface area (Å²) in [5.74, 6) is -0.490. The molecule has 0 fully saturated rings. The van der Waals surface area contributed by atoms with Crippen molar-refractivity contribution in [1.82, 2.24) is 9.29 Å². The Kier molecular flexibility index (Phi) is 4.46. The molecule has 0 aliphatic rings. The zero-order valence-electron chi connectivity index (χ0n) is 11.7. The summed E-state index contributed by atoms with van der Waals surface area (Å²) in [7, 11) is -2.03. The molecule has 0 spiro atoms. The van der Waals surface area contributed by atoms with E-state index in [1.54, 1.807) is 29.9 Å². The maximum absolute atomic E-state index is 13.0. The van der Waals surface area contributed by atoms with E-state index in [-0.39, 0.29) is 11.4 Å². The second-order valence-corrected chi connectivity index (χ2v) is 6.56. The van der Waals surface area contributed by atoms with Crippen molar-refractivity contribution in [2.45, 2.75) is 17.9 Å². The topological polar surface area (TPSA) is 71.3 Å². The lowest BCUT2D eigenvalue weighted by molar-refractivity contribution is 0.173. The van der Waals surface area contributed by atoms with Crippen LogP contribution in [-0.4, -0.2) is 24.6 Å². The van der Waals surface area contributed by atoms with Crippen LogP contribution in [0.25, 0.3) is 0 Å². The van der Waals surface area contributed by atoms with Gasteiger partial charge in [0.15, 0.2) is 0 Å². The molecule has 0 saturated heterocycles. The number of benzene rings is 1. The minimum absolute atomic E-state index is 0.00276. The van der Waals surface area contributed by atoms with Gasteiger partial charge in [0.1, 0.15) is 11.9 Å². The molecule has 7 heteroatoms. The van der Waals surface area contributed by atoms with E-state index in [4.69, 9.17) is 0 Å². The molecule has 0 bridgehead atoms. The molecule has 21 heavy (non-hydrogen) atoms. The molecule has 0 unspecified atom stereocenters. The van der Waals surface area contributed by atoms with Crippen LogP contribution in [0.1, 0.15) is 17.4 Å². The van der Waals surface area contributed by atoms with Crippen LogP contribution >= 0.6 is 0 Å². The molecule has 2 rings (SSSR count). The third kappa shape index (κ3) is 3.49. The van der Waals surface area contributed by atoms with E-state index >= 15 is 0 Å². The Balaban J connectivity index is 2.13. The molecule has 2 aromatic rings. The van der Waals surface area contributed by atoms with Crippen molar-refractivity contribution in [3.8, 4) is 0 Å². The molecular formula is C14H17FN2O3S. The fourth-order valence-electron chi connectivity index (χ4n) is 2.11. The SMILES string of the molecule is Cc1cc(F)ccc1S(=O)(=O)NC[C@H](O)c1cccn1C. The van der Waals surface area contributed by atoms with Crippen LogP contribution in [0.2, 0.25) is 0 Å². The lowest BCUT2D eigenvalue weighted by Gasteiger charge is -2.14. The lowest BCUT2D eigenvalue weighted by atomic mass is 10.2. The molecule has 1 aromatic carbocycles. The monoisotopic (exact) mass is 312 g/mol. The van der Waals surface area contributed by atoms with E-state index in [1.165, 1.54) is 13.0 Å².